The highest BCUT2D eigenvalue weighted by atomic mass is 32.1. The Morgan fingerprint density at radius 2 is 0.837 bits per heavy atom. The topological polar surface area (TPSA) is 38.7 Å². The first-order valence-corrected chi connectivity index (χ1v) is 15.2. The maximum absolute atomic E-state index is 5.01. The van der Waals surface area contributed by atoms with Gasteiger partial charge in [-0.1, -0.05) is 121 Å². The van der Waals surface area contributed by atoms with Gasteiger partial charge in [-0.15, -0.1) is 11.3 Å². The van der Waals surface area contributed by atoms with E-state index in [0.717, 1.165) is 16.7 Å². The molecule has 0 N–H and O–H groups in total. The number of benzene rings is 7. The van der Waals surface area contributed by atoms with Crippen molar-refractivity contribution in [2.75, 3.05) is 0 Å². The van der Waals surface area contributed by atoms with Crippen molar-refractivity contribution < 1.29 is 0 Å². The molecular formula is C39H23N3S. The fourth-order valence-electron chi connectivity index (χ4n) is 6.34. The second kappa shape index (κ2) is 9.55. The van der Waals surface area contributed by atoms with Gasteiger partial charge in [0.25, 0.3) is 0 Å². The molecule has 200 valence electrons. The molecule has 9 aromatic rings. The first-order chi connectivity index (χ1) is 21.3. The third-order valence-corrected chi connectivity index (χ3v) is 9.43. The van der Waals surface area contributed by atoms with Crippen LogP contribution in [-0.2, 0) is 0 Å². The summed E-state index contributed by atoms with van der Waals surface area (Å²) < 4.78 is 2.63. The van der Waals surface area contributed by atoms with Crippen LogP contribution in [0.5, 0.6) is 0 Å². The minimum Gasteiger partial charge on any atom is -0.208 e. The van der Waals surface area contributed by atoms with Crippen molar-refractivity contribution in [1.82, 2.24) is 15.0 Å². The zero-order valence-electron chi connectivity index (χ0n) is 23.0. The average Bonchev–Trinajstić information content (AvgIpc) is 3.47. The molecule has 0 fully saturated rings. The molecule has 2 heterocycles. The molecule has 0 radical (unpaired) electrons. The molecule has 0 saturated heterocycles. The van der Waals surface area contributed by atoms with Gasteiger partial charge in [-0.2, -0.15) is 0 Å². The standard InChI is InChI=1S/C39H23N3S/c1-3-11-24(12-4-1)37-40-38(25-13-5-2-6-14-25)42-39(41-37)26-19-20-30-32(23-26)28-16-8-7-15-27(28)29-21-22-34-36(35(29)30)31-17-9-10-18-33(31)43-34/h1-23H. The van der Waals surface area contributed by atoms with Crippen molar-refractivity contribution in [3.8, 4) is 34.2 Å². The zero-order valence-corrected chi connectivity index (χ0v) is 23.8. The molecule has 2 aromatic heterocycles. The molecule has 0 bridgehead atoms. The largest absolute Gasteiger partial charge is 0.208 e. The lowest BCUT2D eigenvalue weighted by molar-refractivity contribution is 1.07. The fourth-order valence-corrected chi connectivity index (χ4v) is 7.45. The van der Waals surface area contributed by atoms with Crippen molar-refractivity contribution in [1.29, 1.82) is 0 Å². The van der Waals surface area contributed by atoms with E-state index in [2.05, 4.69) is 78.9 Å². The van der Waals surface area contributed by atoms with Crippen molar-refractivity contribution in [3.05, 3.63) is 140 Å². The van der Waals surface area contributed by atoms with Crippen LogP contribution >= 0.6 is 11.3 Å². The van der Waals surface area contributed by atoms with Crippen LogP contribution in [0.1, 0.15) is 0 Å². The van der Waals surface area contributed by atoms with Crippen LogP contribution in [0.25, 0.3) is 86.7 Å². The SMILES string of the molecule is c1ccc(-c2nc(-c3ccccc3)nc(-c3ccc4c(c3)c3ccccc3c3ccc5sc6ccccc6c5c34)n2)cc1. The summed E-state index contributed by atoms with van der Waals surface area (Å²) in [6.45, 7) is 0. The second-order valence-corrected chi connectivity index (χ2v) is 11.9. The molecule has 0 aliphatic carbocycles. The van der Waals surface area contributed by atoms with Gasteiger partial charge in [0.15, 0.2) is 17.5 Å². The molecule has 3 nitrogen and oxygen atoms in total. The Morgan fingerprint density at radius 3 is 1.51 bits per heavy atom. The van der Waals surface area contributed by atoms with E-state index in [1.165, 1.54) is 52.5 Å². The second-order valence-electron chi connectivity index (χ2n) is 10.8. The minimum atomic E-state index is 0.665. The van der Waals surface area contributed by atoms with Crippen molar-refractivity contribution in [2.45, 2.75) is 0 Å². The predicted molar refractivity (Wildman–Crippen MR) is 182 cm³/mol. The summed E-state index contributed by atoms with van der Waals surface area (Å²) in [5.74, 6) is 2.00. The van der Waals surface area contributed by atoms with Crippen LogP contribution in [0.3, 0.4) is 0 Å². The van der Waals surface area contributed by atoms with Gasteiger partial charge >= 0.3 is 0 Å². The zero-order chi connectivity index (χ0) is 28.3. The molecule has 0 amide bonds. The van der Waals surface area contributed by atoms with Crippen molar-refractivity contribution in [3.63, 3.8) is 0 Å². The lowest BCUT2D eigenvalue weighted by atomic mass is 9.91. The monoisotopic (exact) mass is 565 g/mol. The summed E-state index contributed by atoms with van der Waals surface area (Å²) in [5.41, 5.74) is 2.90. The highest BCUT2D eigenvalue weighted by Crippen LogP contribution is 2.44. The number of hydrogen-bond acceptors (Lipinski definition) is 4. The predicted octanol–water partition coefficient (Wildman–Crippen LogP) is 10.7. The molecule has 0 spiro atoms. The van der Waals surface area contributed by atoms with Gasteiger partial charge in [-0.05, 0) is 50.5 Å². The molecule has 0 aliphatic heterocycles. The van der Waals surface area contributed by atoms with Gasteiger partial charge in [0.2, 0.25) is 0 Å². The van der Waals surface area contributed by atoms with Gasteiger partial charge in [0.05, 0.1) is 0 Å². The lowest BCUT2D eigenvalue weighted by Gasteiger charge is -2.13. The Kier molecular flexibility index (Phi) is 5.37. The van der Waals surface area contributed by atoms with Crippen LogP contribution in [0.15, 0.2) is 140 Å². The van der Waals surface area contributed by atoms with E-state index in [1.807, 2.05) is 72.0 Å². The maximum atomic E-state index is 5.01. The Bertz CT molecular complexity index is 2440. The van der Waals surface area contributed by atoms with Crippen LogP contribution in [0, 0.1) is 0 Å². The van der Waals surface area contributed by atoms with E-state index in [-0.39, 0.29) is 0 Å². The Hall–Kier alpha value is -5.45. The van der Waals surface area contributed by atoms with Gasteiger partial charge in [0, 0.05) is 36.9 Å². The van der Waals surface area contributed by atoms with Gasteiger partial charge in [-0.25, -0.2) is 15.0 Å². The third kappa shape index (κ3) is 3.84. The number of hydrogen-bond donors (Lipinski definition) is 0. The molecular weight excluding hydrogens is 543 g/mol. The molecule has 7 aromatic carbocycles. The van der Waals surface area contributed by atoms with Crippen LogP contribution in [0.2, 0.25) is 0 Å². The van der Waals surface area contributed by atoms with E-state index in [9.17, 15) is 0 Å². The number of thiophene rings is 1. The summed E-state index contributed by atoms with van der Waals surface area (Å²) in [6, 6.07) is 49.0. The first kappa shape index (κ1) is 24.2. The van der Waals surface area contributed by atoms with Gasteiger partial charge in [0.1, 0.15) is 0 Å². The van der Waals surface area contributed by atoms with Gasteiger partial charge in [-0.3, -0.25) is 0 Å². The van der Waals surface area contributed by atoms with Crippen LogP contribution in [-0.4, -0.2) is 15.0 Å². The molecule has 4 heteroatoms. The first-order valence-electron chi connectivity index (χ1n) is 14.4. The van der Waals surface area contributed by atoms with Crippen molar-refractivity contribution >= 4 is 63.8 Å². The van der Waals surface area contributed by atoms with E-state index >= 15 is 0 Å². The van der Waals surface area contributed by atoms with Crippen LogP contribution < -0.4 is 0 Å². The summed E-state index contributed by atoms with van der Waals surface area (Å²) >= 11 is 1.86. The van der Waals surface area contributed by atoms with Crippen molar-refractivity contribution in [2.24, 2.45) is 0 Å². The summed E-state index contributed by atoms with van der Waals surface area (Å²) in [5, 5.41) is 10.2. The molecule has 0 saturated carbocycles. The number of rotatable bonds is 3. The highest BCUT2D eigenvalue weighted by Gasteiger charge is 2.17. The number of fused-ring (bicyclic) bond motifs is 10. The normalized spacial score (nSPS) is 11.7. The van der Waals surface area contributed by atoms with E-state index in [1.54, 1.807) is 0 Å². The smallest absolute Gasteiger partial charge is 0.164 e. The summed E-state index contributed by atoms with van der Waals surface area (Å²) in [7, 11) is 0. The Morgan fingerprint density at radius 1 is 0.326 bits per heavy atom. The molecule has 0 unspecified atom stereocenters. The highest BCUT2D eigenvalue weighted by molar-refractivity contribution is 7.26. The van der Waals surface area contributed by atoms with Gasteiger partial charge < -0.3 is 0 Å². The number of aromatic nitrogens is 3. The number of nitrogens with zero attached hydrogens (tertiary/aromatic N) is 3. The summed E-state index contributed by atoms with van der Waals surface area (Å²) in [6.07, 6.45) is 0. The minimum absolute atomic E-state index is 0.665. The fraction of sp³-hybridized carbons (Fsp3) is 0. The molecule has 9 rings (SSSR count). The van der Waals surface area contributed by atoms with Crippen LogP contribution in [0.4, 0.5) is 0 Å². The van der Waals surface area contributed by atoms with E-state index < -0.39 is 0 Å². The van der Waals surface area contributed by atoms with E-state index in [0.29, 0.717) is 17.5 Å². The Labute approximate surface area is 251 Å². The molecule has 0 aliphatic rings. The average molecular weight is 566 g/mol. The molecule has 43 heavy (non-hydrogen) atoms. The molecule has 0 atom stereocenters. The lowest BCUT2D eigenvalue weighted by Crippen LogP contribution is -2.00. The quantitative estimate of drug-likeness (QED) is 0.200. The maximum Gasteiger partial charge on any atom is 0.164 e. The summed E-state index contributed by atoms with van der Waals surface area (Å²) in [4.78, 5) is 14.9. The third-order valence-electron chi connectivity index (χ3n) is 8.30. The Balaban J connectivity index is 1.36. The van der Waals surface area contributed by atoms with E-state index in [4.69, 9.17) is 15.0 Å².